The second-order valence-corrected chi connectivity index (χ2v) is 9.72. The van der Waals surface area contributed by atoms with E-state index in [2.05, 4.69) is 6.07 Å². The maximum Gasteiger partial charge on any atom is 0.416 e. The molecule has 0 amide bonds. The lowest BCUT2D eigenvalue weighted by Gasteiger charge is -2.50. The minimum Gasteiger partial charge on any atom is -0.292 e. The van der Waals surface area contributed by atoms with Gasteiger partial charge in [-0.05, 0) is 72.9 Å². The molecule has 1 saturated heterocycles. The molecule has 8 heteroatoms. The second-order valence-electron chi connectivity index (χ2n) is 9.72. The van der Waals surface area contributed by atoms with E-state index >= 15 is 4.39 Å². The normalized spacial score (nSPS) is 16.8. The van der Waals surface area contributed by atoms with Crippen LogP contribution in [0.2, 0.25) is 0 Å². The number of hydrogen-bond acceptors (Lipinski definition) is 2. The van der Waals surface area contributed by atoms with Crippen molar-refractivity contribution in [3.05, 3.63) is 106 Å². The number of halogens is 6. The van der Waals surface area contributed by atoms with E-state index in [1.54, 1.807) is 24.3 Å². The molecular weight excluding hydrogens is 478 g/mol. The summed E-state index contributed by atoms with van der Waals surface area (Å²) in [6.45, 7) is 3.43. The van der Waals surface area contributed by atoms with Gasteiger partial charge in [0.25, 0.3) is 0 Å². The molecule has 2 atom stereocenters. The smallest absolute Gasteiger partial charge is 0.292 e. The summed E-state index contributed by atoms with van der Waals surface area (Å²) in [6.07, 6.45) is -4.48. The van der Waals surface area contributed by atoms with Gasteiger partial charge in [-0.25, -0.2) is 13.2 Å². The Morgan fingerprint density at radius 3 is 1.97 bits per heavy atom. The van der Waals surface area contributed by atoms with Gasteiger partial charge in [0.1, 0.15) is 17.3 Å². The molecule has 1 heterocycles. The molecule has 2 nitrogen and oxygen atoms in total. The minimum absolute atomic E-state index is 0.224. The van der Waals surface area contributed by atoms with Gasteiger partial charge >= 0.3 is 6.18 Å². The number of hydrogen-bond donors (Lipinski definition) is 0. The molecular formula is C28H24F6N2. The fourth-order valence-corrected chi connectivity index (χ4v) is 5.20. The first kappa shape index (κ1) is 25.8. The van der Waals surface area contributed by atoms with Crippen LogP contribution in [0.1, 0.15) is 53.6 Å². The summed E-state index contributed by atoms with van der Waals surface area (Å²) in [5.41, 5.74) is -0.627. The molecule has 1 fully saturated rings. The van der Waals surface area contributed by atoms with Crippen molar-refractivity contribution in [2.24, 2.45) is 5.92 Å². The van der Waals surface area contributed by atoms with Crippen molar-refractivity contribution < 1.29 is 26.3 Å². The maximum absolute atomic E-state index is 15.3. The third-order valence-electron chi connectivity index (χ3n) is 6.64. The van der Waals surface area contributed by atoms with Crippen molar-refractivity contribution in [1.82, 2.24) is 4.90 Å². The molecule has 4 rings (SSSR count). The van der Waals surface area contributed by atoms with Crippen molar-refractivity contribution in [2.75, 3.05) is 13.1 Å². The van der Waals surface area contributed by atoms with E-state index in [0.29, 0.717) is 29.8 Å². The topological polar surface area (TPSA) is 27.0 Å². The van der Waals surface area contributed by atoms with Crippen LogP contribution < -0.4 is 0 Å². The lowest BCUT2D eigenvalue weighted by Crippen LogP contribution is -2.53. The monoisotopic (exact) mass is 502 g/mol. The lowest BCUT2D eigenvalue weighted by molar-refractivity contribution is -0.137. The molecule has 0 saturated carbocycles. The summed E-state index contributed by atoms with van der Waals surface area (Å²) >= 11 is 0. The van der Waals surface area contributed by atoms with Crippen LogP contribution in [-0.4, -0.2) is 23.7 Å². The molecule has 1 aliphatic rings. The van der Waals surface area contributed by atoms with Crippen molar-refractivity contribution >= 4 is 0 Å². The second kappa shape index (κ2) is 9.62. The van der Waals surface area contributed by atoms with Gasteiger partial charge in [0.05, 0.1) is 23.2 Å². The average Bonchev–Trinajstić information content (AvgIpc) is 2.76. The SMILES string of the molecule is CC(C)(F)[C@H](c1cc(F)cc(F)c1)C1CN([C@@H](c2ccc(C(F)(F)F)cc2)c2cccc(C#N)c2)C1. The number of likely N-dealkylation sites (tertiary alicyclic amines) is 1. The predicted molar refractivity (Wildman–Crippen MR) is 124 cm³/mol. The van der Waals surface area contributed by atoms with Gasteiger partial charge in [-0.2, -0.15) is 18.4 Å². The Kier molecular flexibility index (Phi) is 6.89. The summed E-state index contributed by atoms with van der Waals surface area (Å²) in [6, 6.07) is 16.2. The van der Waals surface area contributed by atoms with Crippen LogP contribution in [0.5, 0.6) is 0 Å². The van der Waals surface area contributed by atoms with E-state index in [9.17, 15) is 27.2 Å². The van der Waals surface area contributed by atoms with Crippen LogP contribution in [0, 0.1) is 28.9 Å². The number of nitrogens with zero attached hydrogens (tertiary/aromatic N) is 2. The Morgan fingerprint density at radius 1 is 0.833 bits per heavy atom. The highest BCUT2D eigenvalue weighted by Crippen LogP contribution is 2.46. The molecule has 3 aromatic rings. The summed E-state index contributed by atoms with van der Waals surface area (Å²) in [5, 5.41) is 9.33. The van der Waals surface area contributed by atoms with Gasteiger partial charge in [-0.3, -0.25) is 4.90 Å². The van der Waals surface area contributed by atoms with Crippen LogP contribution in [0.3, 0.4) is 0 Å². The third kappa shape index (κ3) is 5.41. The molecule has 3 aromatic carbocycles. The Balaban J connectivity index is 1.67. The van der Waals surface area contributed by atoms with Gasteiger partial charge in [-0.1, -0.05) is 24.3 Å². The lowest BCUT2D eigenvalue weighted by atomic mass is 9.72. The highest BCUT2D eigenvalue weighted by Gasteiger charge is 2.45. The summed E-state index contributed by atoms with van der Waals surface area (Å²) < 4.78 is 82.5. The molecule has 36 heavy (non-hydrogen) atoms. The van der Waals surface area contributed by atoms with Crippen LogP contribution >= 0.6 is 0 Å². The Morgan fingerprint density at radius 2 is 1.44 bits per heavy atom. The predicted octanol–water partition coefficient (Wildman–Crippen LogP) is 7.41. The summed E-state index contributed by atoms with van der Waals surface area (Å²) in [7, 11) is 0. The molecule has 188 valence electrons. The van der Waals surface area contributed by atoms with E-state index in [4.69, 9.17) is 0 Å². The maximum atomic E-state index is 15.3. The molecule has 0 spiro atoms. The first-order valence-electron chi connectivity index (χ1n) is 11.4. The number of rotatable bonds is 6. The first-order valence-corrected chi connectivity index (χ1v) is 11.4. The Hall–Kier alpha value is -3.31. The number of benzene rings is 3. The van der Waals surface area contributed by atoms with Gasteiger partial charge in [0.15, 0.2) is 0 Å². The third-order valence-corrected chi connectivity index (χ3v) is 6.64. The first-order chi connectivity index (χ1) is 16.9. The van der Waals surface area contributed by atoms with E-state index in [1.807, 2.05) is 4.90 Å². The van der Waals surface area contributed by atoms with Crippen LogP contribution in [0.4, 0.5) is 26.3 Å². The molecule has 0 N–H and O–H groups in total. The van der Waals surface area contributed by atoms with E-state index in [1.165, 1.54) is 26.0 Å². The van der Waals surface area contributed by atoms with Crippen molar-refractivity contribution in [1.29, 1.82) is 5.26 Å². The summed E-state index contributed by atoms with van der Waals surface area (Å²) in [4.78, 5) is 1.97. The van der Waals surface area contributed by atoms with Gasteiger partial charge in [0, 0.05) is 25.1 Å². The highest BCUT2D eigenvalue weighted by atomic mass is 19.4. The number of nitriles is 1. The van der Waals surface area contributed by atoms with Crippen LogP contribution in [-0.2, 0) is 6.18 Å². The zero-order chi connectivity index (χ0) is 26.3. The van der Waals surface area contributed by atoms with E-state index < -0.39 is 41.0 Å². The van der Waals surface area contributed by atoms with Crippen LogP contribution in [0.25, 0.3) is 0 Å². The standard InChI is InChI=1S/C28H24F6N2/c1-27(2,31)25(20-11-23(29)13-24(30)12-20)21-15-36(16-21)26(19-5-3-4-17(10-19)14-35)18-6-8-22(9-7-18)28(32,33)34/h3-13,21,25-26H,15-16H2,1-2H3/t25-,26+/m1/s1. The Labute approximate surface area is 205 Å². The molecule has 0 aromatic heterocycles. The van der Waals surface area contributed by atoms with Crippen molar-refractivity contribution in [2.45, 2.75) is 37.7 Å². The van der Waals surface area contributed by atoms with Gasteiger partial charge in [-0.15, -0.1) is 0 Å². The Bertz CT molecular complexity index is 1240. The quantitative estimate of drug-likeness (QED) is 0.328. The molecule has 0 aliphatic carbocycles. The van der Waals surface area contributed by atoms with Gasteiger partial charge < -0.3 is 0 Å². The van der Waals surface area contributed by atoms with E-state index in [0.717, 1.165) is 30.3 Å². The zero-order valence-electron chi connectivity index (χ0n) is 19.7. The number of alkyl halides is 4. The van der Waals surface area contributed by atoms with Crippen LogP contribution in [0.15, 0.2) is 66.7 Å². The largest absolute Gasteiger partial charge is 0.416 e. The van der Waals surface area contributed by atoms with Crippen molar-refractivity contribution in [3.8, 4) is 6.07 Å². The fraction of sp³-hybridized carbons (Fsp3) is 0.321. The summed E-state index contributed by atoms with van der Waals surface area (Å²) in [5.74, 6) is -2.65. The molecule has 0 radical (unpaired) electrons. The van der Waals surface area contributed by atoms with Gasteiger partial charge in [0.2, 0.25) is 0 Å². The fourth-order valence-electron chi connectivity index (χ4n) is 5.20. The zero-order valence-corrected chi connectivity index (χ0v) is 19.7. The average molecular weight is 503 g/mol. The minimum atomic E-state index is -4.48. The molecule has 1 aliphatic heterocycles. The highest BCUT2D eigenvalue weighted by molar-refractivity contribution is 5.40. The molecule has 0 bridgehead atoms. The van der Waals surface area contributed by atoms with Crippen molar-refractivity contribution in [3.63, 3.8) is 0 Å². The van der Waals surface area contributed by atoms with E-state index in [-0.39, 0.29) is 11.5 Å². The molecule has 0 unspecified atom stereocenters.